The van der Waals surface area contributed by atoms with Gasteiger partial charge in [0.2, 0.25) is 10.0 Å². The minimum atomic E-state index is -3.66. The van der Waals surface area contributed by atoms with E-state index in [9.17, 15) is 18.3 Å². The molecule has 1 N–H and O–H groups in total. The lowest BCUT2D eigenvalue weighted by atomic mass is 9.69. The van der Waals surface area contributed by atoms with Crippen LogP contribution >= 0.6 is 0 Å². The van der Waals surface area contributed by atoms with Crippen molar-refractivity contribution in [1.82, 2.24) is 4.31 Å². The molecule has 4 atom stereocenters. The molecule has 1 aromatic carbocycles. The molecular weight excluding hydrogens is 378 g/mol. The normalized spacial score (nSPS) is 39.4. The molecular formula is C21H27NO5S. The third-order valence-corrected chi connectivity index (χ3v) is 10.2. The summed E-state index contributed by atoms with van der Waals surface area (Å²) < 4.78 is 33.0. The van der Waals surface area contributed by atoms with Crippen LogP contribution in [0.3, 0.4) is 0 Å². The minimum Gasteiger partial charge on any atom is -0.493 e. The van der Waals surface area contributed by atoms with Gasteiger partial charge in [-0.3, -0.25) is 4.79 Å². The molecule has 5 rings (SSSR count). The number of hydrogen-bond donors (Lipinski definition) is 1. The van der Waals surface area contributed by atoms with Crippen molar-refractivity contribution in [1.29, 1.82) is 0 Å². The molecule has 6 nitrogen and oxygen atoms in total. The molecule has 4 aliphatic rings. The van der Waals surface area contributed by atoms with Crippen molar-refractivity contribution in [3.05, 3.63) is 29.3 Å². The van der Waals surface area contributed by atoms with Gasteiger partial charge in [0.25, 0.3) is 5.91 Å². The number of hydrogen-bond acceptors (Lipinski definition) is 5. The maximum atomic E-state index is 13.4. The molecule has 0 aromatic heterocycles. The van der Waals surface area contributed by atoms with E-state index in [-0.39, 0.29) is 22.6 Å². The van der Waals surface area contributed by atoms with Gasteiger partial charge in [0.1, 0.15) is 5.75 Å². The van der Waals surface area contributed by atoms with E-state index in [0.29, 0.717) is 35.8 Å². The average molecular weight is 406 g/mol. The number of sulfonamides is 1. The first-order valence-electron chi connectivity index (χ1n) is 10.1. The number of fused-ring (bicyclic) bond motifs is 2. The lowest BCUT2D eigenvalue weighted by Gasteiger charge is -2.37. The van der Waals surface area contributed by atoms with Crippen molar-refractivity contribution >= 4 is 15.9 Å². The van der Waals surface area contributed by atoms with Crippen molar-refractivity contribution in [2.75, 3.05) is 12.4 Å². The van der Waals surface area contributed by atoms with E-state index in [1.54, 1.807) is 25.1 Å². The number of carbonyl (C=O) groups is 1. The molecule has 152 valence electrons. The average Bonchev–Trinajstić information content (AvgIpc) is 3.08. The largest absolute Gasteiger partial charge is 0.493 e. The zero-order valence-corrected chi connectivity index (χ0v) is 17.4. The van der Waals surface area contributed by atoms with E-state index >= 15 is 0 Å². The van der Waals surface area contributed by atoms with Gasteiger partial charge in [-0.05, 0) is 49.7 Å². The van der Waals surface area contributed by atoms with Gasteiger partial charge in [-0.25, -0.2) is 12.7 Å². The predicted molar refractivity (Wildman–Crippen MR) is 103 cm³/mol. The lowest BCUT2D eigenvalue weighted by molar-refractivity contribution is 0.0145. The minimum absolute atomic E-state index is 0.0655. The maximum Gasteiger partial charge on any atom is 0.267 e. The second-order valence-electron chi connectivity index (χ2n) is 9.81. The van der Waals surface area contributed by atoms with Crippen LogP contribution in [0.15, 0.2) is 18.2 Å². The summed E-state index contributed by atoms with van der Waals surface area (Å²) in [6, 6.07) is 4.64. The molecule has 2 aliphatic heterocycles. The van der Waals surface area contributed by atoms with Crippen LogP contribution in [0.25, 0.3) is 0 Å². The summed E-state index contributed by atoms with van der Waals surface area (Å²) in [6.45, 7) is 6.43. The maximum absolute atomic E-state index is 13.4. The van der Waals surface area contributed by atoms with Gasteiger partial charge in [0.05, 0.1) is 24.0 Å². The highest BCUT2D eigenvalue weighted by Gasteiger charge is 2.72. The van der Waals surface area contributed by atoms with Crippen LogP contribution in [-0.4, -0.2) is 42.1 Å². The van der Waals surface area contributed by atoms with Gasteiger partial charge in [-0.15, -0.1) is 0 Å². The highest BCUT2D eigenvalue weighted by Crippen LogP contribution is 2.70. The summed E-state index contributed by atoms with van der Waals surface area (Å²) in [5, 5.41) is 10.5. The standard InChI is InChI=1S/C21H27NO5S/c1-19(2)14-6-7-21(19)12-28(25,26)22(17(21)11-14)18(23)13-4-5-15-16(10-13)27-9-8-20(15,3)24/h4-5,10,14,17,24H,6-9,11-12H2,1-3H3/t14-,17-,20-,21-/m1/s1. The van der Waals surface area contributed by atoms with Crippen LogP contribution in [0.5, 0.6) is 5.75 Å². The van der Waals surface area contributed by atoms with Crippen LogP contribution in [0, 0.1) is 16.7 Å². The monoisotopic (exact) mass is 405 g/mol. The SMILES string of the molecule is CC1(C)[C@@H]2CC[C@]13CS(=O)(=O)N(C(=O)c1ccc4c(c1)OCC[C@@]4(C)O)[C@@H]3C2. The molecule has 2 aliphatic carbocycles. The predicted octanol–water partition coefficient (Wildman–Crippen LogP) is 2.66. The molecule has 1 spiro atoms. The molecule has 0 unspecified atom stereocenters. The number of rotatable bonds is 1. The zero-order chi connectivity index (χ0) is 20.1. The quantitative estimate of drug-likeness (QED) is 0.777. The number of benzene rings is 1. The summed E-state index contributed by atoms with van der Waals surface area (Å²) >= 11 is 0. The summed E-state index contributed by atoms with van der Waals surface area (Å²) in [5.41, 5.74) is -0.472. The fourth-order valence-electron chi connectivity index (χ4n) is 6.40. The molecule has 0 radical (unpaired) electrons. The zero-order valence-electron chi connectivity index (χ0n) is 16.6. The Bertz CT molecular complexity index is 983. The fourth-order valence-corrected chi connectivity index (χ4v) is 8.93. The fraction of sp³-hybridized carbons (Fsp3) is 0.667. The number of ether oxygens (including phenoxy) is 1. The van der Waals surface area contributed by atoms with E-state index < -0.39 is 21.5 Å². The third-order valence-electron chi connectivity index (χ3n) is 8.27. The van der Waals surface area contributed by atoms with Crippen molar-refractivity contribution < 1.29 is 23.1 Å². The molecule has 28 heavy (non-hydrogen) atoms. The topological polar surface area (TPSA) is 83.9 Å². The van der Waals surface area contributed by atoms with Crippen LogP contribution in [-0.2, 0) is 15.6 Å². The van der Waals surface area contributed by atoms with E-state index in [1.807, 2.05) is 0 Å². The second kappa shape index (κ2) is 5.30. The van der Waals surface area contributed by atoms with Crippen LogP contribution in [0.4, 0.5) is 0 Å². The number of carbonyl (C=O) groups excluding carboxylic acids is 1. The Morgan fingerprint density at radius 3 is 2.71 bits per heavy atom. The van der Waals surface area contributed by atoms with Gasteiger partial charge < -0.3 is 9.84 Å². The number of nitrogens with zero attached hydrogens (tertiary/aromatic N) is 1. The number of aliphatic hydroxyl groups is 1. The Morgan fingerprint density at radius 2 is 2.00 bits per heavy atom. The van der Waals surface area contributed by atoms with Crippen molar-refractivity contribution in [2.24, 2.45) is 16.7 Å². The van der Waals surface area contributed by atoms with Gasteiger partial charge in [0, 0.05) is 23.0 Å². The van der Waals surface area contributed by atoms with Crippen LogP contribution < -0.4 is 4.74 Å². The van der Waals surface area contributed by atoms with Gasteiger partial charge in [-0.2, -0.15) is 0 Å². The molecule has 7 heteroatoms. The molecule has 1 saturated heterocycles. The van der Waals surface area contributed by atoms with Crippen molar-refractivity contribution in [3.63, 3.8) is 0 Å². The number of amides is 1. The Labute approximate surface area is 165 Å². The van der Waals surface area contributed by atoms with E-state index in [2.05, 4.69) is 13.8 Å². The molecule has 1 amide bonds. The van der Waals surface area contributed by atoms with Crippen molar-refractivity contribution in [3.8, 4) is 5.75 Å². The van der Waals surface area contributed by atoms with Gasteiger partial charge in [0.15, 0.2) is 0 Å². The Kier molecular flexibility index (Phi) is 3.49. The summed E-state index contributed by atoms with van der Waals surface area (Å²) in [4.78, 5) is 13.4. The third kappa shape index (κ3) is 2.12. The highest BCUT2D eigenvalue weighted by molar-refractivity contribution is 7.90. The van der Waals surface area contributed by atoms with E-state index in [4.69, 9.17) is 4.74 Å². The van der Waals surface area contributed by atoms with Crippen molar-refractivity contribution in [2.45, 2.75) is 58.1 Å². The summed E-state index contributed by atoms with van der Waals surface area (Å²) in [7, 11) is -3.66. The summed E-state index contributed by atoms with van der Waals surface area (Å²) in [6.07, 6.45) is 3.15. The molecule has 2 bridgehead atoms. The van der Waals surface area contributed by atoms with E-state index in [1.165, 1.54) is 4.31 Å². The smallest absolute Gasteiger partial charge is 0.267 e. The highest BCUT2D eigenvalue weighted by atomic mass is 32.2. The van der Waals surface area contributed by atoms with Gasteiger partial charge in [-0.1, -0.05) is 19.9 Å². The first-order valence-corrected chi connectivity index (χ1v) is 11.7. The first kappa shape index (κ1) is 18.4. The first-order chi connectivity index (χ1) is 13.0. The molecule has 2 heterocycles. The van der Waals surface area contributed by atoms with Crippen LogP contribution in [0.1, 0.15) is 62.4 Å². The van der Waals surface area contributed by atoms with Gasteiger partial charge >= 0.3 is 0 Å². The summed E-state index contributed by atoms with van der Waals surface area (Å²) in [5.74, 6) is 0.518. The second-order valence-corrected chi connectivity index (χ2v) is 11.7. The Balaban J connectivity index is 1.55. The van der Waals surface area contributed by atoms with E-state index in [0.717, 1.165) is 19.3 Å². The molecule has 3 fully saturated rings. The molecule has 1 aromatic rings. The molecule has 2 saturated carbocycles. The Morgan fingerprint density at radius 1 is 1.25 bits per heavy atom. The lowest BCUT2D eigenvalue weighted by Crippen LogP contribution is -2.44. The Hall–Kier alpha value is -1.60. The van der Waals surface area contributed by atoms with Crippen LogP contribution in [0.2, 0.25) is 0 Å².